The minimum Gasteiger partial charge on any atom is -0.497 e. The highest BCUT2D eigenvalue weighted by Gasteiger charge is 2.51. The van der Waals surface area contributed by atoms with Gasteiger partial charge < -0.3 is 14.8 Å². The summed E-state index contributed by atoms with van der Waals surface area (Å²) in [5.41, 5.74) is 0.317. The van der Waals surface area contributed by atoms with Gasteiger partial charge in [-0.3, -0.25) is 14.9 Å². The van der Waals surface area contributed by atoms with Gasteiger partial charge in [-0.1, -0.05) is 12.1 Å². The van der Waals surface area contributed by atoms with Crippen LogP contribution in [-0.2, 0) is 14.3 Å². The van der Waals surface area contributed by atoms with Crippen molar-refractivity contribution in [3.8, 4) is 5.75 Å². The maximum Gasteiger partial charge on any atom is 0.313 e. The van der Waals surface area contributed by atoms with Gasteiger partial charge in [-0.2, -0.15) is 0 Å². The van der Waals surface area contributed by atoms with Crippen molar-refractivity contribution in [2.45, 2.75) is 38.8 Å². The molecule has 1 fully saturated rings. The molecular weight excluding hydrogens is 308 g/mol. The summed E-state index contributed by atoms with van der Waals surface area (Å²) in [6.45, 7) is 4.28. The highest BCUT2D eigenvalue weighted by atomic mass is 16.5. The fraction of sp³-hybridized carbons (Fsp3) is 0.556. The highest BCUT2D eigenvalue weighted by Crippen LogP contribution is 2.46. The van der Waals surface area contributed by atoms with Gasteiger partial charge in [-0.25, -0.2) is 0 Å². The first kappa shape index (κ1) is 18.3. The topological polar surface area (TPSA) is 76.7 Å². The normalized spacial score (nSPS) is 16.4. The lowest BCUT2D eigenvalue weighted by molar-refractivity contribution is -0.147. The summed E-state index contributed by atoms with van der Waals surface area (Å²) in [5.74, 6) is 0.342. The van der Waals surface area contributed by atoms with Crippen LogP contribution in [0.1, 0.15) is 38.3 Å². The second-order valence-electron chi connectivity index (χ2n) is 6.52. The van der Waals surface area contributed by atoms with Gasteiger partial charge in [0.25, 0.3) is 0 Å². The van der Waals surface area contributed by atoms with Gasteiger partial charge >= 0.3 is 5.97 Å². The third-order valence-corrected chi connectivity index (χ3v) is 4.28. The van der Waals surface area contributed by atoms with Crippen LogP contribution in [0.3, 0.4) is 0 Å². The number of amides is 1. The molecule has 1 aromatic rings. The molecule has 0 heterocycles. The monoisotopic (exact) mass is 334 g/mol. The summed E-state index contributed by atoms with van der Waals surface area (Å²) in [4.78, 5) is 24.5. The summed E-state index contributed by atoms with van der Waals surface area (Å²) < 4.78 is 9.98. The zero-order valence-corrected chi connectivity index (χ0v) is 14.7. The van der Waals surface area contributed by atoms with Gasteiger partial charge in [0.2, 0.25) is 5.91 Å². The summed E-state index contributed by atoms with van der Waals surface area (Å²) >= 11 is 0. The third-order valence-electron chi connectivity index (χ3n) is 4.28. The minimum atomic E-state index is -0.535. The molecule has 2 rings (SSSR count). The van der Waals surface area contributed by atoms with Gasteiger partial charge in [0.15, 0.2) is 0 Å². The van der Waals surface area contributed by atoms with Crippen LogP contribution in [0.4, 0.5) is 0 Å². The van der Waals surface area contributed by atoms with Gasteiger partial charge in [-0.05, 0) is 44.4 Å². The number of carbonyl (C=O) groups is 2. The number of benzene rings is 1. The van der Waals surface area contributed by atoms with E-state index in [-0.39, 0.29) is 17.9 Å². The lowest BCUT2D eigenvalue weighted by Gasteiger charge is -2.22. The van der Waals surface area contributed by atoms with E-state index in [1.165, 1.54) is 7.11 Å². The molecule has 0 spiro atoms. The molecule has 1 aliphatic rings. The highest BCUT2D eigenvalue weighted by molar-refractivity contribution is 5.85. The Kier molecular flexibility index (Phi) is 5.83. The summed E-state index contributed by atoms with van der Waals surface area (Å²) in [6, 6.07) is 7.04. The summed E-state index contributed by atoms with van der Waals surface area (Å²) in [7, 11) is 2.98. The predicted molar refractivity (Wildman–Crippen MR) is 90.7 cm³/mol. The van der Waals surface area contributed by atoms with Crippen molar-refractivity contribution in [1.29, 1.82) is 0 Å². The van der Waals surface area contributed by atoms with E-state index in [0.29, 0.717) is 6.54 Å². The number of methoxy groups -OCH3 is 2. The predicted octanol–water partition coefficient (Wildman–Crippen LogP) is 1.80. The summed E-state index contributed by atoms with van der Waals surface area (Å²) in [5, 5.41) is 6.16. The number of rotatable bonds is 8. The molecular formula is C18H26N2O4. The van der Waals surface area contributed by atoms with Crippen LogP contribution in [0, 0.1) is 5.41 Å². The molecule has 6 nitrogen and oxygen atoms in total. The van der Waals surface area contributed by atoms with E-state index in [2.05, 4.69) is 10.6 Å². The van der Waals surface area contributed by atoms with Gasteiger partial charge in [0.1, 0.15) is 11.8 Å². The van der Waals surface area contributed by atoms with Crippen LogP contribution in [-0.4, -0.2) is 38.7 Å². The minimum absolute atomic E-state index is 0.137. The van der Waals surface area contributed by atoms with Crippen LogP contribution < -0.4 is 15.4 Å². The number of carbonyl (C=O) groups excluding carboxylic acids is 2. The van der Waals surface area contributed by atoms with Crippen molar-refractivity contribution in [1.82, 2.24) is 10.6 Å². The summed E-state index contributed by atoms with van der Waals surface area (Å²) in [6.07, 6.45) is 1.51. The molecule has 1 aromatic carbocycles. The fourth-order valence-electron chi connectivity index (χ4n) is 2.63. The largest absolute Gasteiger partial charge is 0.497 e. The van der Waals surface area contributed by atoms with Crippen molar-refractivity contribution in [3.63, 3.8) is 0 Å². The van der Waals surface area contributed by atoms with E-state index >= 15 is 0 Å². The van der Waals surface area contributed by atoms with E-state index in [4.69, 9.17) is 9.47 Å². The smallest absolute Gasteiger partial charge is 0.313 e. The van der Waals surface area contributed by atoms with Crippen molar-refractivity contribution < 1.29 is 19.1 Å². The van der Waals surface area contributed by atoms with Crippen LogP contribution in [0.15, 0.2) is 24.3 Å². The number of hydrogen-bond acceptors (Lipinski definition) is 5. The third kappa shape index (κ3) is 4.26. The van der Waals surface area contributed by atoms with Crippen molar-refractivity contribution in [2.75, 3.05) is 20.8 Å². The zero-order valence-electron chi connectivity index (χ0n) is 14.7. The maximum atomic E-state index is 12.7. The van der Waals surface area contributed by atoms with Crippen LogP contribution in [0.25, 0.3) is 0 Å². The second kappa shape index (κ2) is 7.66. The molecule has 132 valence electrons. The molecule has 0 bridgehead atoms. The molecule has 1 amide bonds. The Morgan fingerprint density at radius 1 is 1.17 bits per heavy atom. The van der Waals surface area contributed by atoms with E-state index in [1.807, 2.05) is 38.1 Å². The molecule has 0 radical (unpaired) electrons. The standard InChI is InChI=1S/C18H26N2O4/c1-12(2)20-15(13-5-7-14(23-3)8-6-13)16(21)19-11-18(9-10-18)17(22)24-4/h5-8,12,15,20H,9-11H2,1-4H3,(H,19,21). The Hall–Kier alpha value is -2.08. The molecule has 1 aliphatic carbocycles. The number of hydrogen-bond donors (Lipinski definition) is 2. The van der Waals surface area contributed by atoms with Gasteiger partial charge in [0, 0.05) is 12.6 Å². The lowest BCUT2D eigenvalue weighted by Crippen LogP contribution is -2.43. The second-order valence-corrected chi connectivity index (χ2v) is 6.52. The quantitative estimate of drug-likeness (QED) is 0.709. The average molecular weight is 334 g/mol. The molecule has 1 atom stereocenters. The molecule has 6 heteroatoms. The van der Waals surface area contributed by atoms with Crippen molar-refractivity contribution in [3.05, 3.63) is 29.8 Å². The van der Waals surface area contributed by atoms with E-state index < -0.39 is 11.5 Å². The number of ether oxygens (including phenoxy) is 2. The van der Waals surface area contributed by atoms with E-state index in [9.17, 15) is 9.59 Å². The van der Waals surface area contributed by atoms with Gasteiger partial charge in [-0.15, -0.1) is 0 Å². The number of esters is 1. The van der Waals surface area contributed by atoms with Gasteiger partial charge in [0.05, 0.1) is 19.6 Å². The van der Waals surface area contributed by atoms with Crippen LogP contribution >= 0.6 is 0 Å². The van der Waals surface area contributed by atoms with Crippen molar-refractivity contribution >= 4 is 11.9 Å². The first-order valence-corrected chi connectivity index (χ1v) is 8.18. The molecule has 2 N–H and O–H groups in total. The van der Waals surface area contributed by atoms with Crippen LogP contribution in [0.5, 0.6) is 5.75 Å². The Balaban J connectivity index is 2.06. The Morgan fingerprint density at radius 2 is 1.79 bits per heavy atom. The molecule has 0 aromatic heterocycles. The maximum absolute atomic E-state index is 12.7. The molecule has 0 saturated heterocycles. The SMILES string of the molecule is COC(=O)C1(CNC(=O)C(NC(C)C)c2ccc(OC)cc2)CC1. The fourth-order valence-corrected chi connectivity index (χ4v) is 2.63. The van der Waals surface area contributed by atoms with E-state index in [0.717, 1.165) is 24.2 Å². The Bertz CT molecular complexity index is 579. The number of nitrogens with one attached hydrogen (secondary N) is 2. The lowest BCUT2D eigenvalue weighted by atomic mass is 10.0. The first-order chi connectivity index (χ1) is 11.4. The first-order valence-electron chi connectivity index (χ1n) is 8.18. The molecule has 1 saturated carbocycles. The van der Waals surface area contributed by atoms with E-state index in [1.54, 1.807) is 7.11 Å². The average Bonchev–Trinajstić information content (AvgIpc) is 3.38. The molecule has 24 heavy (non-hydrogen) atoms. The Morgan fingerprint density at radius 3 is 2.25 bits per heavy atom. The zero-order chi connectivity index (χ0) is 17.7. The van der Waals surface area contributed by atoms with Crippen LogP contribution in [0.2, 0.25) is 0 Å². The molecule has 1 unspecified atom stereocenters. The van der Waals surface area contributed by atoms with Crippen molar-refractivity contribution in [2.24, 2.45) is 5.41 Å². The Labute approximate surface area is 142 Å². The molecule has 0 aliphatic heterocycles.